The second-order valence-electron chi connectivity index (χ2n) is 5.70. The molecule has 2 aromatic heterocycles. The van der Waals surface area contributed by atoms with Crippen LogP contribution in [0.15, 0.2) is 30.5 Å². The van der Waals surface area contributed by atoms with Gasteiger partial charge in [0.1, 0.15) is 0 Å². The molecule has 1 saturated carbocycles. The summed E-state index contributed by atoms with van der Waals surface area (Å²) in [6.07, 6.45) is 5.49. The third-order valence-electron chi connectivity index (χ3n) is 4.17. The van der Waals surface area contributed by atoms with E-state index in [0.717, 1.165) is 22.2 Å². The minimum Gasteiger partial charge on any atom is -0.477 e. The normalized spacial score (nSPS) is 14.9. The first-order chi connectivity index (χ1) is 10.8. The number of anilines is 1. The number of nitrogens with two attached hydrogens (primary N) is 1. The summed E-state index contributed by atoms with van der Waals surface area (Å²) in [4.78, 5) is 8.55. The van der Waals surface area contributed by atoms with E-state index in [2.05, 4.69) is 20.2 Å². The third kappa shape index (κ3) is 2.36. The number of fused-ring (bicyclic) bond motifs is 1. The van der Waals surface area contributed by atoms with Crippen molar-refractivity contribution in [1.29, 1.82) is 0 Å². The number of nitrogens with zero attached hydrogens (tertiary/aromatic N) is 3. The molecule has 2 heterocycles. The Morgan fingerprint density at radius 1 is 1.23 bits per heavy atom. The molecule has 22 heavy (non-hydrogen) atoms. The van der Waals surface area contributed by atoms with Crippen molar-refractivity contribution in [3.63, 3.8) is 0 Å². The van der Waals surface area contributed by atoms with Crippen LogP contribution in [0.1, 0.15) is 19.3 Å². The fourth-order valence-corrected chi connectivity index (χ4v) is 2.67. The predicted octanol–water partition coefficient (Wildman–Crippen LogP) is 2.78. The number of H-pyrrole nitrogens is 1. The number of nitrogen functional groups attached to an aromatic ring is 1. The van der Waals surface area contributed by atoms with Crippen molar-refractivity contribution >= 4 is 16.9 Å². The van der Waals surface area contributed by atoms with Crippen molar-refractivity contribution < 1.29 is 4.74 Å². The van der Waals surface area contributed by atoms with Gasteiger partial charge in [0.05, 0.1) is 23.2 Å². The average molecular weight is 295 g/mol. The molecule has 0 radical (unpaired) electrons. The molecule has 0 saturated heterocycles. The van der Waals surface area contributed by atoms with Gasteiger partial charge in [0, 0.05) is 11.8 Å². The summed E-state index contributed by atoms with van der Waals surface area (Å²) >= 11 is 0. The first-order valence-corrected chi connectivity index (χ1v) is 7.49. The molecule has 0 unspecified atom stereocenters. The summed E-state index contributed by atoms with van der Waals surface area (Å²) in [5.41, 5.74) is 8.55. The lowest BCUT2D eigenvalue weighted by atomic mass is 9.86. The van der Waals surface area contributed by atoms with Crippen molar-refractivity contribution in [1.82, 2.24) is 20.2 Å². The summed E-state index contributed by atoms with van der Waals surface area (Å²) in [5, 5.41) is 7.82. The SMILES string of the molecule is Nc1nc(OCC2CCC2)c2cc(-c3ccn[nH]3)ccc2n1. The minimum absolute atomic E-state index is 0.241. The minimum atomic E-state index is 0.241. The molecular formula is C16H17N5O. The Hall–Kier alpha value is -2.63. The van der Waals surface area contributed by atoms with Gasteiger partial charge in [-0.25, -0.2) is 4.98 Å². The predicted molar refractivity (Wildman–Crippen MR) is 84.4 cm³/mol. The van der Waals surface area contributed by atoms with Crippen molar-refractivity contribution in [2.45, 2.75) is 19.3 Å². The molecule has 0 aliphatic heterocycles. The van der Waals surface area contributed by atoms with Crippen LogP contribution in [0.2, 0.25) is 0 Å². The number of nitrogens with one attached hydrogen (secondary N) is 1. The number of aromatic amines is 1. The molecule has 1 aromatic carbocycles. The topological polar surface area (TPSA) is 89.7 Å². The summed E-state index contributed by atoms with van der Waals surface area (Å²) < 4.78 is 5.92. The maximum atomic E-state index is 5.92. The van der Waals surface area contributed by atoms with E-state index < -0.39 is 0 Å². The Labute approximate surface area is 127 Å². The van der Waals surface area contributed by atoms with Crippen molar-refractivity contribution in [2.75, 3.05) is 12.3 Å². The number of hydrogen-bond acceptors (Lipinski definition) is 5. The van der Waals surface area contributed by atoms with Gasteiger partial charge in [-0.3, -0.25) is 5.10 Å². The van der Waals surface area contributed by atoms with Crippen LogP contribution in [-0.2, 0) is 0 Å². The molecule has 1 aliphatic carbocycles. The maximum Gasteiger partial charge on any atom is 0.226 e. The monoisotopic (exact) mass is 295 g/mol. The van der Waals surface area contributed by atoms with Crippen molar-refractivity contribution in [2.24, 2.45) is 5.92 Å². The van der Waals surface area contributed by atoms with Crippen LogP contribution in [0.5, 0.6) is 5.88 Å². The average Bonchev–Trinajstić information content (AvgIpc) is 2.99. The van der Waals surface area contributed by atoms with Crippen LogP contribution < -0.4 is 10.5 Å². The molecular weight excluding hydrogens is 278 g/mol. The molecule has 0 spiro atoms. The number of aromatic nitrogens is 4. The lowest BCUT2D eigenvalue weighted by molar-refractivity contribution is 0.177. The van der Waals surface area contributed by atoms with E-state index in [4.69, 9.17) is 10.5 Å². The second-order valence-corrected chi connectivity index (χ2v) is 5.70. The zero-order valence-corrected chi connectivity index (χ0v) is 12.1. The maximum absolute atomic E-state index is 5.92. The molecule has 1 aliphatic rings. The summed E-state index contributed by atoms with van der Waals surface area (Å²) in [5.74, 6) is 1.45. The molecule has 0 bridgehead atoms. The molecule has 3 aromatic rings. The fourth-order valence-electron chi connectivity index (χ4n) is 2.67. The van der Waals surface area contributed by atoms with Crippen LogP contribution in [0.4, 0.5) is 5.95 Å². The van der Waals surface area contributed by atoms with E-state index in [-0.39, 0.29) is 5.95 Å². The van der Waals surface area contributed by atoms with Crippen LogP contribution in [0.3, 0.4) is 0 Å². The first-order valence-electron chi connectivity index (χ1n) is 7.49. The Morgan fingerprint density at radius 2 is 2.14 bits per heavy atom. The van der Waals surface area contributed by atoms with Crippen molar-refractivity contribution in [3.05, 3.63) is 30.5 Å². The van der Waals surface area contributed by atoms with E-state index >= 15 is 0 Å². The number of benzene rings is 1. The second kappa shape index (κ2) is 5.29. The largest absolute Gasteiger partial charge is 0.477 e. The Balaban J connectivity index is 1.73. The number of hydrogen-bond donors (Lipinski definition) is 2. The number of ether oxygens (including phenoxy) is 1. The zero-order valence-electron chi connectivity index (χ0n) is 12.1. The smallest absolute Gasteiger partial charge is 0.226 e. The van der Waals surface area contributed by atoms with E-state index in [0.29, 0.717) is 18.4 Å². The van der Waals surface area contributed by atoms with Gasteiger partial charge in [-0.2, -0.15) is 10.1 Å². The van der Waals surface area contributed by atoms with Crippen LogP contribution >= 0.6 is 0 Å². The van der Waals surface area contributed by atoms with Crippen molar-refractivity contribution in [3.8, 4) is 17.1 Å². The van der Waals surface area contributed by atoms with Gasteiger partial charge in [-0.05, 0) is 37.0 Å². The van der Waals surface area contributed by atoms with E-state index in [1.165, 1.54) is 19.3 Å². The van der Waals surface area contributed by atoms with Crippen LogP contribution in [-0.4, -0.2) is 26.8 Å². The number of rotatable bonds is 4. The lowest BCUT2D eigenvalue weighted by Gasteiger charge is -2.25. The van der Waals surface area contributed by atoms with Crippen LogP contribution in [0.25, 0.3) is 22.2 Å². The molecule has 6 heteroatoms. The third-order valence-corrected chi connectivity index (χ3v) is 4.17. The zero-order chi connectivity index (χ0) is 14.9. The molecule has 4 rings (SSSR count). The Morgan fingerprint density at radius 3 is 2.86 bits per heavy atom. The van der Waals surface area contributed by atoms with Gasteiger partial charge in [0.15, 0.2) is 0 Å². The lowest BCUT2D eigenvalue weighted by Crippen LogP contribution is -2.19. The van der Waals surface area contributed by atoms with E-state index in [1.807, 2.05) is 24.3 Å². The molecule has 6 nitrogen and oxygen atoms in total. The molecule has 0 amide bonds. The molecule has 0 atom stereocenters. The highest BCUT2D eigenvalue weighted by Gasteiger charge is 2.19. The Kier molecular flexibility index (Phi) is 3.14. The van der Waals surface area contributed by atoms with Gasteiger partial charge in [0.2, 0.25) is 11.8 Å². The van der Waals surface area contributed by atoms with Gasteiger partial charge in [-0.15, -0.1) is 0 Å². The molecule has 112 valence electrons. The van der Waals surface area contributed by atoms with E-state index in [1.54, 1.807) is 6.20 Å². The highest BCUT2D eigenvalue weighted by molar-refractivity contribution is 5.88. The molecule has 3 N–H and O–H groups in total. The summed E-state index contributed by atoms with van der Waals surface area (Å²) in [6.45, 7) is 0.694. The quantitative estimate of drug-likeness (QED) is 0.772. The van der Waals surface area contributed by atoms with Crippen LogP contribution in [0, 0.1) is 5.92 Å². The van der Waals surface area contributed by atoms with Gasteiger partial charge in [0.25, 0.3) is 0 Å². The highest BCUT2D eigenvalue weighted by Crippen LogP contribution is 2.31. The molecule has 1 fully saturated rings. The fraction of sp³-hybridized carbons (Fsp3) is 0.312. The van der Waals surface area contributed by atoms with Gasteiger partial charge in [-0.1, -0.05) is 12.5 Å². The highest BCUT2D eigenvalue weighted by atomic mass is 16.5. The summed E-state index contributed by atoms with van der Waals surface area (Å²) in [6, 6.07) is 7.85. The first kappa shape index (κ1) is 13.1. The van der Waals surface area contributed by atoms with E-state index in [9.17, 15) is 0 Å². The summed E-state index contributed by atoms with van der Waals surface area (Å²) in [7, 11) is 0. The standard InChI is InChI=1S/C16H17N5O/c17-16-19-14-5-4-11(13-6-7-18-21-13)8-12(14)15(20-16)22-9-10-2-1-3-10/h4-8,10H,1-3,9H2,(H,18,21)(H2,17,19,20). The van der Waals surface area contributed by atoms with Gasteiger partial charge < -0.3 is 10.5 Å². The van der Waals surface area contributed by atoms with Gasteiger partial charge >= 0.3 is 0 Å². The Bertz CT molecular complexity index is 796.